The minimum Gasteiger partial charge on any atom is -0.347 e. The summed E-state index contributed by atoms with van der Waals surface area (Å²) in [6.45, 7) is 6.97. The third-order valence-electron chi connectivity index (χ3n) is 4.78. The van der Waals surface area contributed by atoms with Crippen LogP contribution in [0.3, 0.4) is 0 Å². The Kier molecular flexibility index (Phi) is 3.77. The van der Waals surface area contributed by atoms with Gasteiger partial charge in [-0.2, -0.15) is 0 Å². The van der Waals surface area contributed by atoms with Crippen LogP contribution in [0.1, 0.15) is 53.5 Å². The molecule has 1 amide bonds. The maximum atomic E-state index is 12.6. The Hall–Kier alpha value is -2.10. The number of hydrogen-bond acceptors (Lipinski definition) is 2. The van der Waals surface area contributed by atoms with Crippen LogP contribution in [-0.4, -0.2) is 21.0 Å². The topological polar surface area (TPSA) is 46.9 Å². The van der Waals surface area contributed by atoms with Crippen molar-refractivity contribution in [1.29, 1.82) is 0 Å². The zero-order chi connectivity index (χ0) is 15.7. The van der Waals surface area contributed by atoms with Crippen molar-refractivity contribution >= 4 is 5.91 Å². The second-order valence-electron chi connectivity index (χ2n) is 6.59. The SMILES string of the molecule is Cc1cc(C(=O)NC2(C)CCC2)c(C)n1Cc1ccncc1. The van der Waals surface area contributed by atoms with Crippen LogP contribution in [-0.2, 0) is 6.54 Å². The summed E-state index contributed by atoms with van der Waals surface area (Å²) in [5.74, 6) is 0.0521. The Morgan fingerprint density at radius 1 is 1.32 bits per heavy atom. The fraction of sp³-hybridized carbons (Fsp3) is 0.444. The molecule has 1 aliphatic carbocycles. The quantitative estimate of drug-likeness (QED) is 0.942. The molecule has 4 heteroatoms. The van der Waals surface area contributed by atoms with E-state index >= 15 is 0 Å². The van der Waals surface area contributed by atoms with Gasteiger partial charge in [0, 0.05) is 35.9 Å². The molecule has 1 saturated carbocycles. The van der Waals surface area contributed by atoms with E-state index in [0.717, 1.165) is 36.3 Å². The van der Waals surface area contributed by atoms with E-state index in [0.29, 0.717) is 0 Å². The molecule has 0 radical (unpaired) electrons. The summed E-state index contributed by atoms with van der Waals surface area (Å²) in [7, 11) is 0. The Morgan fingerprint density at radius 2 is 2.00 bits per heavy atom. The lowest BCUT2D eigenvalue weighted by atomic mass is 9.78. The molecule has 0 saturated heterocycles. The monoisotopic (exact) mass is 297 g/mol. The van der Waals surface area contributed by atoms with Gasteiger partial charge in [-0.05, 0) is 63.8 Å². The van der Waals surface area contributed by atoms with E-state index in [1.807, 2.05) is 25.1 Å². The molecule has 3 rings (SSSR count). The third kappa shape index (κ3) is 2.78. The van der Waals surface area contributed by atoms with Crippen molar-refractivity contribution in [3.05, 3.63) is 53.1 Å². The number of aromatic nitrogens is 2. The average Bonchev–Trinajstić information content (AvgIpc) is 2.75. The summed E-state index contributed by atoms with van der Waals surface area (Å²) in [4.78, 5) is 16.6. The maximum Gasteiger partial charge on any atom is 0.253 e. The van der Waals surface area contributed by atoms with Gasteiger partial charge < -0.3 is 9.88 Å². The fourth-order valence-corrected chi connectivity index (χ4v) is 3.12. The van der Waals surface area contributed by atoms with Crippen LogP contribution >= 0.6 is 0 Å². The van der Waals surface area contributed by atoms with Crippen LogP contribution in [0.2, 0.25) is 0 Å². The number of aryl methyl sites for hydroxylation is 1. The average molecular weight is 297 g/mol. The number of carbonyl (C=O) groups excluding carboxylic acids is 1. The normalized spacial score (nSPS) is 16.1. The number of nitrogens with one attached hydrogen (secondary N) is 1. The molecule has 1 fully saturated rings. The van der Waals surface area contributed by atoms with Crippen LogP contribution in [0.25, 0.3) is 0 Å². The van der Waals surface area contributed by atoms with Gasteiger partial charge in [-0.25, -0.2) is 0 Å². The van der Waals surface area contributed by atoms with Crippen LogP contribution in [0.15, 0.2) is 30.6 Å². The number of nitrogens with zero attached hydrogens (tertiary/aromatic N) is 2. The highest BCUT2D eigenvalue weighted by atomic mass is 16.1. The van der Waals surface area contributed by atoms with Crippen molar-refractivity contribution in [2.24, 2.45) is 0 Å². The van der Waals surface area contributed by atoms with Gasteiger partial charge in [0.25, 0.3) is 5.91 Å². The Bertz CT molecular complexity index is 684. The molecule has 0 unspecified atom stereocenters. The van der Waals surface area contributed by atoms with Gasteiger partial charge in [0.2, 0.25) is 0 Å². The largest absolute Gasteiger partial charge is 0.347 e. The minimum absolute atomic E-state index is 0.00930. The molecule has 2 heterocycles. The highest BCUT2D eigenvalue weighted by molar-refractivity contribution is 5.96. The standard InChI is InChI=1S/C18H23N3O/c1-13-11-16(17(22)20-18(3)7-4-8-18)14(2)21(13)12-15-5-9-19-10-6-15/h5-6,9-11H,4,7-8,12H2,1-3H3,(H,20,22). The summed E-state index contributed by atoms with van der Waals surface area (Å²) in [6, 6.07) is 6.01. The number of carbonyl (C=O) groups is 1. The molecule has 2 aromatic rings. The zero-order valence-corrected chi connectivity index (χ0v) is 13.5. The van der Waals surface area contributed by atoms with Crippen molar-refractivity contribution in [2.45, 2.75) is 52.1 Å². The van der Waals surface area contributed by atoms with Crippen LogP contribution in [0.4, 0.5) is 0 Å². The van der Waals surface area contributed by atoms with Crippen molar-refractivity contribution < 1.29 is 4.79 Å². The zero-order valence-electron chi connectivity index (χ0n) is 13.5. The second kappa shape index (κ2) is 5.59. The highest BCUT2D eigenvalue weighted by Crippen LogP contribution is 2.31. The van der Waals surface area contributed by atoms with Crippen molar-refractivity contribution in [3.63, 3.8) is 0 Å². The molecular weight excluding hydrogens is 274 g/mol. The van der Waals surface area contributed by atoms with Gasteiger partial charge in [-0.3, -0.25) is 9.78 Å². The first-order chi connectivity index (χ1) is 10.5. The molecule has 1 aliphatic rings. The summed E-state index contributed by atoms with van der Waals surface area (Å²) in [5.41, 5.74) is 4.10. The predicted molar refractivity (Wildman–Crippen MR) is 87.0 cm³/mol. The molecule has 22 heavy (non-hydrogen) atoms. The number of amides is 1. The van der Waals surface area contributed by atoms with Crippen molar-refractivity contribution in [3.8, 4) is 0 Å². The smallest absolute Gasteiger partial charge is 0.253 e. The summed E-state index contributed by atoms with van der Waals surface area (Å²) >= 11 is 0. The first-order valence-corrected chi connectivity index (χ1v) is 7.87. The second-order valence-corrected chi connectivity index (χ2v) is 6.59. The molecule has 4 nitrogen and oxygen atoms in total. The highest BCUT2D eigenvalue weighted by Gasteiger charge is 2.34. The van der Waals surface area contributed by atoms with E-state index in [1.165, 1.54) is 12.0 Å². The Balaban J connectivity index is 1.82. The molecular formula is C18H23N3O. The lowest BCUT2D eigenvalue weighted by molar-refractivity contribution is 0.0849. The van der Waals surface area contributed by atoms with E-state index in [4.69, 9.17) is 0 Å². The summed E-state index contributed by atoms with van der Waals surface area (Å²) in [5, 5.41) is 3.19. The molecule has 0 bridgehead atoms. The molecule has 1 N–H and O–H groups in total. The van der Waals surface area contributed by atoms with Gasteiger partial charge in [0.05, 0.1) is 5.56 Å². The van der Waals surface area contributed by atoms with Gasteiger partial charge in [0.1, 0.15) is 0 Å². The van der Waals surface area contributed by atoms with Gasteiger partial charge in [-0.15, -0.1) is 0 Å². The first-order valence-electron chi connectivity index (χ1n) is 7.87. The number of pyridine rings is 1. The van der Waals surface area contributed by atoms with Crippen molar-refractivity contribution in [1.82, 2.24) is 14.9 Å². The maximum absolute atomic E-state index is 12.6. The molecule has 0 aromatic carbocycles. The minimum atomic E-state index is -0.00930. The molecule has 2 aromatic heterocycles. The number of hydrogen-bond donors (Lipinski definition) is 1. The Morgan fingerprint density at radius 3 is 2.59 bits per heavy atom. The predicted octanol–water partition coefficient (Wildman–Crippen LogP) is 3.22. The first kappa shape index (κ1) is 14.8. The van der Waals surface area contributed by atoms with E-state index in [2.05, 4.69) is 28.7 Å². The van der Waals surface area contributed by atoms with Gasteiger partial charge >= 0.3 is 0 Å². The molecule has 0 atom stereocenters. The van der Waals surface area contributed by atoms with E-state index < -0.39 is 0 Å². The molecule has 0 aliphatic heterocycles. The van der Waals surface area contributed by atoms with Crippen LogP contribution in [0, 0.1) is 13.8 Å². The van der Waals surface area contributed by atoms with Crippen LogP contribution in [0.5, 0.6) is 0 Å². The fourth-order valence-electron chi connectivity index (χ4n) is 3.12. The third-order valence-corrected chi connectivity index (χ3v) is 4.78. The number of rotatable bonds is 4. The van der Waals surface area contributed by atoms with Crippen LogP contribution < -0.4 is 5.32 Å². The lowest BCUT2D eigenvalue weighted by Gasteiger charge is -2.39. The summed E-state index contributed by atoms with van der Waals surface area (Å²) < 4.78 is 2.19. The van der Waals surface area contributed by atoms with Crippen molar-refractivity contribution in [2.75, 3.05) is 0 Å². The van der Waals surface area contributed by atoms with Gasteiger partial charge in [0.15, 0.2) is 0 Å². The van der Waals surface area contributed by atoms with Gasteiger partial charge in [-0.1, -0.05) is 0 Å². The molecule has 0 spiro atoms. The summed E-state index contributed by atoms with van der Waals surface area (Å²) in [6.07, 6.45) is 6.96. The van der Waals surface area contributed by atoms with E-state index in [9.17, 15) is 4.79 Å². The Labute approximate surface area is 131 Å². The molecule has 116 valence electrons. The lowest BCUT2D eigenvalue weighted by Crippen LogP contribution is -2.51. The van der Waals surface area contributed by atoms with E-state index in [1.54, 1.807) is 12.4 Å². The van der Waals surface area contributed by atoms with E-state index in [-0.39, 0.29) is 11.4 Å².